The molecule has 1 unspecified atom stereocenters. The number of piperidine rings is 1. The molecule has 2 fully saturated rings. The molecule has 2 N–H and O–H groups in total. The third-order valence-corrected chi connectivity index (χ3v) is 4.46. The van der Waals surface area contributed by atoms with E-state index in [4.69, 9.17) is 0 Å². The van der Waals surface area contributed by atoms with E-state index < -0.39 is 11.5 Å². The number of carboxylic acids is 1. The Kier molecular flexibility index (Phi) is 3.25. The molecule has 5 nitrogen and oxygen atoms in total. The Hall–Kier alpha value is -1.26. The van der Waals surface area contributed by atoms with Crippen LogP contribution < -0.4 is 5.32 Å². The van der Waals surface area contributed by atoms with Crippen LogP contribution in [0.1, 0.15) is 52.4 Å². The number of hydrogen-bond acceptors (Lipinski definition) is 2. The third-order valence-electron chi connectivity index (χ3n) is 4.46. The fourth-order valence-corrected chi connectivity index (χ4v) is 2.83. The van der Waals surface area contributed by atoms with Gasteiger partial charge in [0.15, 0.2) is 0 Å². The standard InChI is InChI=1S/C13H22N2O3/c1-12(6-5-7-12)14-11(18)15-9-4-3-8-13(15,2)10(16)17/h3-9H2,1-2H3,(H,14,18)(H,16,17). The van der Waals surface area contributed by atoms with E-state index in [0.29, 0.717) is 13.0 Å². The van der Waals surface area contributed by atoms with Crippen LogP contribution in [0.2, 0.25) is 0 Å². The summed E-state index contributed by atoms with van der Waals surface area (Å²) in [5.41, 5.74) is -1.18. The fraction of sp³-hybridized carbons (Fsp3) is 0.846. The lowest BCUT2D eigenvalue weighted by Gasteiger charge is -2.45. The fourth-order valence-electron chi connectivity index (χ4n) is 2.83. The van der Waals surface area contributed by atoms with Crippen molar-refractivity contribution >= 4 is 12.0 Å². The molecule has 1 saturated carbocycles. The number of carbonyl (C=O) groups excluding carboxylic acids is 1. The van der Waals surface area contributed by atoms with E-state index in [1.807, 2.05) is 6.92 Å². The van der Waals surface area contributed by atoms with Crippen molar-refractivity contribution < 1.29 is 14.7 Å². The molecule has 2 aliphatic rings. The number of hydrogen-bond donors (Lipinski definition) is 2. The van der Waals surface area contributed by atoms with Gasteiger partial charge >= 0.3 is 12.0 Å². The van der Waals surface area contributed by atoms with E-state index in [9.17, 15) is 14.7 Å². The molecular weight excluding hydrogens is 232 g/mol. The quantitative estimate of drug-likeness (QED) is 0.791. The van der Waals surface area contributed by atoms with Gasteiger partial charge in [-0.3, -0.25) is 0 Å². The van der Waals surface area contributed by atoms with Crippen molar-refractivity contribution in [1.82, 2.24) is 10.2 Å². The summed E-state index contributed by atoms with van der Waals surface area (Å²) < 4.78 is 0. The Morgan fingerprint density at radius 2 is 1.78 bits per heavy atom. The molecule has 1 saturated heterocycles. The smallest absolute Gasteiger partial charge is 0.329 e. The number of nitrogens with zero attached hydrogens (tertiary/aromatic N) is 1. The number of amides is 2. The lowest BCUT2D eigenvalue weighted by atomic mass is 9.78. The lowest BCUT2D eigenvalue weighted by Crippen LogP contribution is -2.63. The van der Waals surface area contributed by atoms with Crippen LogP contribution >= 0.6 is 0 Å². The van der Waals surface area contributed by atoms with Crippen molar-refractivity contribution in [3.8, 4) is 0 Å². The highest BCUT2D eigenvalue weighted by Crippen LogP contribution is 2.33. The number of carbonyl (C=O) groups is 2. The Morgan fingerprint density at radius 1 is 1.11 bits per heavy atom. The summed E-state index contributed by atoms with van der Waals surface area (Å²) in [7, 11) is 0. The lowest BCUT2D eigenvalue weighted by molar-refractivity contribution is -0.150. The Labute approximate surface area is 108 Å². The van der Waals surface area contributed by atoms with Crippen LogP contribution in [0, 0.1) is 0 Å². The molecule has 1 atom stereocenters. The molecule has 0 bridgehead atoms. The number of rotatable bonds is 2. The summed E-state index contributed by atoms with van der Waals surface area (Å²) in [6.07, 6.45) is 5.38. The van der Waals surface area contributed by atoms with Gasteiger partial charge in [0.1, 0.15) is 5.54 Å². The number of urea groups is 1. The highest BCUT2D eigenvalue weighted by molar-refractivity contribution is 5.86. The average Bonchev–Trinajstić information content (AvgIpc) is 2.27. The van der Waals surface area contributed by atoms with E-state index in [1.54, 1.807) is 6.92 Å². The van der Waals surface area contributed by atoms with Gasteiger partial charge in [0, 0.05) is 12.1 Å². The minimum atomic E-state index is -1.05. The summed E-state index contributed by atoms with van der Waals surface area (Å²) >= 11 is 0. The maximum absolute atomic E-state index is 12.3. The van der Waals surface area contributed by atoms with Gasteiger partial charge in [-0.15, -0.1) is 0 Å². The molecule has 5 heteroatoms. The van der Waals surface area contributed by atoms with E-state index in [2.05, 4.69) is 5.32 Å². The first kappa shape index (κ1) is 13.2. The van der Waals surface area contributed by atoms with Gasteiger partial charge in [-0.05, 0) is 52.4 Å². The molecule has 1 heterocycles. The topological polar surface area (TPSA) is 69.6 Å². The van der Waals surface area contributed by atoms with Gasteiger partial charge in [-0.1, -0.05) is 0 Å². The van der Waals surface area contributed by atoms with E-state index in [0.717, 1.165) is 32.1 Å². The summed E-state index contributed by atoms with van der Waals surface area (Å²) in [5, 5.41) is 12.4. The summed E-state index contributed by atoms with van der Waals surface area (Å²) in [5.74, 6) is -0.906. The highest BCUT2D eigenvalue weighted by atomic mass is 16.4. The third kappa shape index (κ3) is 2.18. The predicted molar refractivity (Wildman–Crippen MR) is 67.4 cm³/mol. The largest absolute Gasteiger partial charge is 0.480 e. The maximum Gasteiger partial charge on any atom is 0.329 e. The Balaban J connectivity index is 2.09. The summed E-state index contributed by atoms with van der Waals surface area (Å²) in [6.45, 7) is 4.21. The maximum atomic E-state index is 12.3. The second-order valence-electron chi connectivity index (χ2n) is 6.03. The molecule has 2 rings (SSSR count). The van der Waals surface area contributed by atoms with Gasteiger partial charge in [0.2, 0.25) is 0 Å². The molecule has 2 amide bonds. The van der Waals surface area contributed by atoms with Crippen LogP contribution in [0.15, 0.2) is 0 Å². The van der Waals surface area contributed by atoms with Crippen LogP contribution in [0.25, 0.3) is 0 Å². The first-order chi connectivity index (χ1) is 8.37. The minimum absolute atomic E-state index is 0.131. The Morgan fingerprint density at radius 3 is 2.28 bits per heavy atom. The summed E-state index contributed by atoms with van der Waals surface area (Å²) in [6, 6.07) is -0.221. The highest BCUT2D eigenvalue weighted by Gasteiger charge is 2.45. The van der Waals surface area contributed by atoms with Crippen LogP contribution in [0.4, 0.5) is 4.79 Å². The SMILES string of the molecule is CC1(NC(=O)N2CCCCC2(C)C(=O)O)CCC1. The zero-order chi connectivity index (χ0) is 13.4. The van der Waals surface area contributed by atoms with E-state index in [1.165, 1.54) is 4.90 Å². The van der Waals surface area contributed by atoms with Gasteiger partial charge in [-0.2, -0.15) is 0 Å². The molecule has 0 aromatic rings. The molecule has 18 heavy (non-hydrogen) atoms. The number of aliphatic carboxylic acids is 1. The Bertz CT molecular complexity index is 365. The molecular formula is C13H22N2O3. The van der Waals surface area contributed by atoms with Gasteiger partial charge in [0.25, 0.3) is 0 Å². The van der Waals surface area contributed by atoms with Crippen molar-refractivity contribution in [3.05, 3.63) is 0 Å². The van der Waals surface area contributed by atoms with Crippen LogP contribution in [0.5, 0.6) is 0 Å². The second kappa shape index (κ2) is 4.44. The normalized spacial score (nSPS) is 30.4. The zero-order valence-corrected chi connectivity index (χ0v) is 11.2. The monoisotopic (exact) mass is 254 g/mol. The van der Waals surface area contributed by atoms with Crippen LogP contribution in [-0.4, -0.2) is 39.6 Å². The zero-order valence-electron chi connectivity index (χ0n) is 11.2. The van der Waals surface area contributed by atoms with Crippen molar-refractivity contribution in [1.29, 1.82) is 0 Å². The molecule has 0 radical (unpaired) electrons. The second-order valence-corrected chi connectivity index (χ2v) is 6.03. The molecule has 1 aliphatic heterocycles. The molecule has 0 spiro atoms. The van der Waals surface area contributed by atoms with E-state index >= 15 is 0 Å². The first-order valence-corrected chi connectivity index (χ1v) is 6.71. The van der Waals surface area contributed by atoms with Crippen molar-refractivity contribution in [3.63, 3.8) is 0 Å². The molecule has 1 aliphatic carbocycles. The number of nitrogens with one attached hydrogen (secondary N) is 1. The average molecular weight is 254 g/mol. The van der Waals surface area contributed by atoms with Crippen molar-refractivity contribution in [2.24, 2.45) is 0 Å². The van der Waals surface area contributed by atoms with Gasteiger partial charge in [-0.25, -0.2) is 9.59 Å². The molecule has 0 aromatic heterocycles. The molecule has 102 valence electrons. The van der Waals surface area contributed by atoms with Crippen molar-refractivity contribution in [2.75, 3.05) is 6.54 Å². The number of carboxylic acid groups (broad SMARTS) is 1. The number of likely N-dealkylation sites (tertiary alicyclic amines) is 1. The van der Waals surface area contributed by atoms with E-state index in [-0.39, 0.29) is 11.6 Å². The summed E-state index contributed by atoms with van der Waals surface area (Å²) in [4.78, 5) is 25.2. The first-order valence-electron chi connectivity index (χ1n) is 6.71. The van der Waals surface area contributed by atoms with Gasteiger partial charge in [0.05, 0.1) is 0 Å². The van der Waals surface area contributed by atoms with Crippen LogP contribution in [-0.2, 0) is 4.79 Å². The molecule has 0 aromatic carbocycles. The van der Waals surface area contributed by atoms with Crippen molar-refractivity contribution in [2.45, 2.75) is 63.5 Å². The predicted octanol–water partition coefficient (Wildman–Crippen LogP) is 1.97. The van der Waals surface area contributed by atoms with Gasteiger partial charge < -0.3 is 15.3 Å². The minimum Gasteiger partial charge on any atom is -0.480 e. The van der Waals surface area contributed by atoms with Crippen LogP contribution in [0.3, 0.4) is 0 Å².